The number of para-hydroxylation sites is 2. The maximum atomic E-state index is 12.8. The zero-order valence-electron chi connectivity index (χ0n) is 12.7. The first-order chi connectivity index (χ1) is 10.1. The monoisotopic (exact) mass is 299 g/mol. The lowest BCUT2D eigenvalue weighted by Crippen LogP contribution is -2.13. The van der Waals surface area contributed by atoms with Gasteiger partial charge in [0.05, 0.1) is 32.0 Å². The standard InChI is InChI=1S/C18H21NOS/c1-12(2)13(3)11-14-7-6-10-17-18(14)19-15-8-4-5-9-16(15)21(17)20/h4-10,12-13,19H,11H2,1-3H3. The van der Waals surface area contributed by atoms with E-state index < -0.39 is 10.8 Å². The molecule has 2 unspecified atom stereocenters. The lowest BCUT2D eigenvalue weighted by atomic mass is 9.90. The predicted molar refractivity (Wildman–Crippen MR) is 88.5 cm³/mol. The average molecular weight is 299 g/mol. The molecule has 0 radical (unpaired) electrons. The first-order valence-electron chi connectivity index (χ1n) is 7.47. The van der Waals surface area contributed by atoms with E-state index in [4.69, 9.17) is 0 Å². The topological polar surface area (TPSA) is 29.1 Å². The molecule has 110 valence electrons. The molecule has 2 aromatic rings. The predicted octanol–water partition coefficient (Wildman–Crippen LogP) is 4.74. The van der Waals surface area contributed by atoms with Crippen molar-refractivity contribution in [3.63, 3.8) is 0 Å². The minimum atomic E-state index is -1.09. The molecule has 0 saturated heterocycles. The summed E-state index contributed by atoms with van der Waals surface area (Å²) in [6, 6.07) is 14.0. The van der Waals surface area contributed by atoms with E-state index in [2.05, 4.69) is 32.2 Å². The van der Waals surface area contributed by atoms with Crippen LogP contribution in [-0.4, -0.2) is 4.21 Å². The van der Waals surface area contributed by atoms with Gasteiger partial charge < -0.3 is 5.32 Å². The molecule has 3 heteroatoms. The van der Waals surface area contributed by atoms with Crippen LogP contribution in [0.15, 0.2) is 52.3 Å². The second-order valence-corrected chi connectivity index (χ2v) is 7.52. The summed E-state index contributed by atoms with van der Waals surface area (Å²) in [5, 5.41) is 3.49. The molecule has 1 aliphatic heterocycles. The van der Waals surface area contributed by atoms with Crippen LogP contribution in [0.25, 0.3) is 0 Å². The Kier molecular flexibility index (Phi) is 3.85. The first-order valence-corrected chi connectivity index (χ1v) is 8.62. The Hall–Kier alpha value is -1.61. The van der Waals surface area contributed by atoms with E-state index in [9.17, 15) is 4.21 Å². The number of hydrogen-bond donors (Lipinski definition) is 1. The van der Waals surface area contributed by atoms with Gasteiger partial charge in [0.1, 0.15) is 0 Å². The van der Waals surface area contributed by atoms with Crippen molar-refractivity contribution < 1.29 is 4.21 Å². The Morgan fingerprint density at radius 3 is 2.48 bits per heavy atom. The fraction of sp³-hybridized carbons (Fsp3) is 0.333. The Morgan fingerprint density at radius 1 is 1.00 bits per heavy atom. The number of nitrogens with one attached hydrogen (secondary N) is 1. The zero-order valence-corrected chi connectivity index (χ0v) is 13.5. The lowest BCUT2D eigenvalue weighted by Gasteiger charge is -2.25. The fourth-order valence-electron chi connectivity index (χ4n) is 2.61. The van der Waals surface area contributed by atoms with Crippen molar-refractivity contribution in [1.82, 2.24) is 0 Å². The van der Waals surface area contributed by atoms with Gasteiger partial charge in [-0.3, -0.25) is 0 Å². The molecule has 1 aliphatic rings. The number of hydrogen-bond acceptors (Lipinski definition) is 2. The van der Waals surface area contributed by atoms with Gasteiger partial charge in [0.15, 0.2) is 0 Å². The maximum absolute atomic E-state index is 12.8. The molecule has 0 fully saturated rings. The van der Waals surface area contributed by atoms with Crippen LogP contribution < -0.4 is 5.32 Å². The van der Waals surface area contributed by atoms with E-state index in [1.54, 1.807) is 0 Å². The van der Waals surface area contributed by atoms with Gasteiger partial charge >= 0.3 is 0 Å². The number of fused-ring (bicyclic) bond motifs is 2. The van der Waals surface area contributed by atoms with Gasteiger partial charge in [-0.1, -0.05) is 45.0 Å². The Balaban J connectivity index is 2.03. The Labute approximate surface area is 129 Å². The van der Waals surface area contributed by atoms with Crippen molar-refractivity contribution in [2.75, 3.05) is 5.32 Å². The third-order valence-electron chi connectivity index (χ3n) is 4.34. The summed E-state index contributed by atoms with van der Waals surface area (Å²) in [7, 11) is -1.09. The fourth-order valence-corrected chi connectivity index (χ4v) is 3.94. The molecule has 3 rings (SSSR count). The number of anilines is 2. The van der Waals surface area contributed by atoms with Crippen LogP contribution in [0.2, 0.25) is 0 Å². The van der Waals surface area contributed by atoms with Crippen molar-refractivity contribution >= 4 is 22.2 Å². The summed E-state index contributed by atoms with van der Waals surface area (Å²) in [5.41, 5.74) is 3.27. The van der Waals surface area contributed by atoms with Crippen LogP contribution in [0.5, 0.6) is 0 Å². The van der Waals surface area contributed by atoms with Crippen LogP contribution in [0.1, 0.15) is 26.3 Å². The molecular formula is C18H21NOS. The second-order valence-electron chi connectivity index (χ2n) is 6.11. The van der Waals surface area contributed by atoms with Crippen molar-refractivity contribution in [2.24, 2.45) is 11.8 Å². The van der Waals surface area contributed by atoms with Gasteiger partial charge in [0.2, 0.25) is 0 Å². The molecule has 1 heterocycles. The highest BCUT2D eigenvalue weighted by molar-refractivity contribution is 7.85. The summed E-state index contributed by atoms with van der Waals surface area (Å²) in [6.45, 7) is 6.78. The molecule has 0 spiro atoms. The van der Waals surface area contributed by atoms with Crippen LogP contribution in [0.4, 0.5) is 11.4 Å². The second kappa shape index (κ2) is 5.64. The van der Waals surface area contributed by atoms with E-state index >= 15 is 0 Å². The molecule has 0 amide bonds. The van der Waals surface area contributed by atoms with Crippen LogP contribution >= 0.6 is 0 Å². The van der Waals surface area contributed by atoms with E-state index in [1.807, 2.05) is 36.4 Å². The number of rotatable bonds is 3. The highest BCUT2D eigenvalue weighted by Crippen LogP contribution is 2.39. The third kappa shape index (κ3) is 2.62. The molecule has 0 aromatic heterocycles. The largest absolute Gasteiger partial charge is 0.353 e. The maximum Gasteiger partial charge on any atom is 0.0892 e. The third-order valence-corrected chi connectivity index (χ3v) is 5.83. The molecule has 2 aromatic carbocycles. The molecular weight excluding hydrogens is 278 g/mol. The van der Waals surface area contributed by atoms with Gasteiger partial charge in [-0.05, 0) is 42.0 Å². The molecule has 21 heavy (non-hydrogen) atoms. The van der Waals surface area contributed by atoms with Crippen molar-refractivity contribution in [3.8, 4) is 0 Å². The smallest absolute Gasteiger partial charge is 0.0892 e. The van der Waals surface area contributed by atoms with Crippen LogP contribution in [0.3, 0.4) is 0 Å². The van der Waals surface area contributed by atoms with Gasteiger partial charge in [0, 0.05) is 0 Å². The molecule has 0 bridgehead atoms. The minimum absolute atomic E-state index is 0.601. The van der Waals surface area contributed by atoms with E-state index in [0.29, 0.717) is 11.8 Å². The minimum Gasteiger partial charge on any atom is -0.353 e. The summed E-state index contributed by atoms with van der Waals surface area (Å²) in [5.74, 6) is 1.24. The van der Waals surface area contributed by atoms with Crippen LogP contribution in [0, 0.1) is 11.8 Å². The highest BCUT2D eigenvalue weighted by Gasteiger charge is 2.24. The molecule has 2 nitrogen and oxygen atoms in total. The van der Waals surface area contributed by atoms with Crippen LogP contribution in [-0.2, 0) is 17.2 Å². The van der Waals surface area contributed by atoms with E-state index in [-0.39, 0.29) is 0 Å². The van der Waals surface area contributed by atoms with E-state index in [1.165, 1.54) is 5.56 Å². The summed E-state index contributed by atoms with van der Waals surface area (Å²) in [6.07, 6.45) is 1.01. The van der Waals surface area contributed by atoms with Gasteiger partial charge in [-0.2, -0.15) is 0 Å². The number of benzene rings is 2. The van der Waals surface area contributed by atoms with E-state index in [0.717, 1.165) is 27.6 Å². The summed E-state index contributed by atoms with van der Waals surface area (Å²) >= 11 is 0. The lowest BCUT2D eigenvalue weighted by molar-refractivity contribution is 0.417. The SMILES string of the molecule is CC(C)C(C)Cc1cccc2c1Nc1ccccc1S2=O. The van der Waals surface area contributed by atoms with Gasteiger partial charge in [-0.15, -0.1) is 0 Å². The summed E-state index contributed by atoms with van der Waals surface area (Å²) < 4.78 is 12.8. The summed E-state index contributed by atoms with van der Waals surface area (Å²) in [4.78, 5) is 1.78. The first kappa shape index (κ1) is 14.3. The van der Waals surface area contributed by atoms with Crippen molar-refractivity contribution in [2.45, 2.75) is 37.0 Å². The van der Waals surface area contributed by atoms with Crippen molar-refractivity contribution in [1.29, 1.82) is 0 Å². The quantitative estimate of drug-likeness (QED) is 0.756. The molecule has 1 N–H and O–H groups in total. The Bertz CT molecular complexity index is 693. The highest BCUT2D eigenvalue weighted by atomic mass is 32.2. The molecule has 0 aliphatic carbocycles. The Morgan fingerprint density at radius 2 is 1.71 bits per heavy atom. The molecule has 0 saturated carbocycles. The van der Waals surface area contributed by atoms with Crippen molar-refractivity contribution in [3.05, 3.63) is 48.0 Å². The average Bonchev–Trinajstić information content (AvgIpc) is 2.48. The zero-order chi connectivity index (χ0) is 15.0. The normalized spacial score (nSPS) is 17.8. The van der Waals surface area contributed by atoms with Gasteiger partial charge in [-0.25, -0.2) is 4.21 Å². The molecule has 2 atom stereocenters. The van der Waals surface area contributed by atoms with Gasteiger partial charge in [0.25, 0.3) is 0 Å².